The fourth-order valence-electron chi connectivity index (χ4n) is 8.11. The minimum absolute atomic E-state index is 0.0409. The van der Waals surface area contributed by atoms with Crippen LogP contribution < -0.4 is 4.74 Å². The van der Waals surface area contributed by atoms with Crippen LogP contribution in [0.5, 0.6) is 5.75 Å². The number of ether oxygens (including phenoxy) is 4. The van der Waals surface area contributed by atoms with Crippen molar-refractivity contribution in [2.24, 2.45) is 11.8 Å². The van der Waals surface area contributed by atoms with Crippen molar-refractivity contribution in [1.82, 2.24) is 0 Å². The van der Waals surface area contributed by atoms with E-state index in [2.05, 4.69) is 20.8 Å². The van der Waals surface area contributed by atoms with Crippen molar-refractivity contribution in [1.29, 1.82) is 0 Å². The van der Waals surface area contributed by atoms with Crippen molar-refractivity contribution in [3.63, 3.8) is 0 Å². The van der Waals surface area contributed by atoms with Crippen molar-refractivity contribution >= 4 is 19.8 Å². The molecule has 2 fully saturated rings. The number of unbranched alkanes of at least 4 members (excludes halogenated alkanes) is 4. The van der Waals surface area contributed by atoms with Gasteiger partial charge in [-0.05, 0) is 62.1 Å². The average Bonchev–Trinajstić information content (AvgIpc) is 3.70. The number of rotatable bonds is 23. The van der Waals surface area contributed by atoms with Gasteiger partial charge in [0.05, 0.1) is 21.3 Å². The van der Waals surface area contributed by atoms with Gasteiger partial charge in [-0.3, -0.25) is 9.59 Å². The molecule has 0 radical (unpaired) electrons. The Balaban J connectivity index is 1.57. The van der Waals surface area contributed by atoms with Crippen molar-refractivity contribution in [3.8, 4) is 5.75 Å². The highest BCUT2D eigenvalue weighted by Crippen LogP contribution is 2.51. The summed E-state index contributed by atoms with van der Waals surface area (Å²) in [5.41, 5.74) is 0.339. The Morgan fingerprint density at radius 1 is 1.00 bits per heavy atom. The van der Waals surface area contributed by atoms with Gasteiger partial charge in [-0.25, -0.2) is 8.78 Å². The summed E-state index contributed by atoms with van der Waals surface area (Å²) in [5, 5.41) is 0. The zero-order valence-corrected chi connectivity index (χ0v) is 30.8. The van der Waals surface area contributed by atoms with Crippen LogP contribution in [0.3, 0.4) is 0 Å². The lowest BCUT2D eigenvalue weighted by atomic mass is 9.84. The molecule has 3 rings (SSSR count). The van der Waals surface area contributed by atoms with Crippen molar-refractivity contribution in [2.75, 3.05) is 13.7 Å². The molecule has 2 unspecified atom stereocenters. The molecule has 0 spiro atoms. The monoisotopic (exact) mass is 680 g/mol. The Hall–Kier alpha value is -1.84. The number of benzene rings is 1. The van der Waals surface area contributed by atoms with Crippen LogP contribution in [0.2, 0.25) is 23.7 Å². The predicted molar refractivity (Wildman–Crippen MR) is 186 cm³/mol. The molecule has 1 aromatic rings. The van der Waals surface area contributed by atoms with Crippen LogP contribution in [0.4, 0.5) is 8.78 Å². The lowest BCUT2D eigenvalue weighted by Crippen LogP contribution is -2.46. The van der Waals surface area contributed by atoms with Crippen LogP contribution in [0.15, 0.2) is 24.3 Å². The van der Waals surface area contributed by atoms with Gasteiger partial charge in [0.25, 0.3) is 0 Å². The Morgan fingerprint density at radius 3 is 2.32 bits per heavy atom. The third-order valence-corrected chi connectivity index (χ3v) is 17.7. The maximum absolute atomic E-state index is 16.0. The van der Waals surface area contributed by atoms with Gasteiger partial charge in [0.15, 0.2) is 6.29 Å². The van der Waals surface area contributed by atoms with E-state index in [9.17, 15) is 9.59 Å². The number of methoxy groups -OCH3 is 1. The normalized spacial score (nSPS) is 22.5. The highest BCUT2D eigenvalue weighted by molar-refractivity contribution is 6.81. The summed E-state index contributed by atoms with van der Waals surface area (Å²) in [4.78, 5) is 25.7. The number of hydrogen-bond acceptors (Lipinski definition) is 6. The molecule has 0 amide bonds. The van der Waals surface area contributed by atoms with Crippen LogP contribution in [-0.2, 0) is 30.4 Å². The van der Waals surface area contributed by atoms with E-state index in [1.165, 1.54) is 0 Å². The van der Waals surface area contributed by atoms with Crippen molar-refractivity contribution < 1.29 is 37.3 Å². The quantitative estimate of drug-likeness (QED) is 0.0651. The molecular formula is C38H62F2O6Si. The fourth-order valence-corrected chi connectivity index (χ4v) is 12.9. The van der Waals surface area contributed by atoms with Crippen LogP contribution in [0, 0.1) is 11.8 Å². The molecule has 0 aromatic heterocycles. The van der Waals surface area contributed by atoms with E-state index in [1.54, 1.807) is 7.11 Å². The van der Waals surface area contributed by atoms with Gasteiger partial charge < -0.3 is 18.9 Å². The van der Waals surface area contributed by atoms with E-state index in [0.717, 1.165) is 80.8 Å². The number of hydrogen-bond donors (Lipinski definition) is 0. The molecule has 9 heteroatoms. The highest BCUT2D eigenvalue weighted by Gasteiger charge is 2.52. The first-order chi connectivity index (χ1) is 22.6. The molecule has 1 saturated carbocycles. The van der Waals surface area contributed by atoms with Gasteiger partial charge in [-0.15, -0.1) is 0 Å². The summed E-state index contributed by atoms with van der Waals surface area (Å²) >= 11 is 0. The first kappa shape index (κ1) is 39.6. The minimum Gasteiger partial charge on any atom is -0.497 e. The van der Waals surface area contributed by atoms with E-state index in [1.807, 2.05) is 31.2 Å². The minimum atomic E-state index is -2.68. The van der Waals surface area contributed by atoms with Gasteiger partial charge >= 0.3 is 5.97 Å². The summed E-state index contributed by atoms with van der Waals surface area (Å²) in [5.74, 6) is -2.14. The van der Waals surface area contributed by atoms with Gasteiger partial charge in [0.1, 0.15) is 18.1 Å². The van der Waals surface area contributed by atoms with E-state index in [-0.39, 0.29) is 49.0 Å². The highest BCUT2D eigenvalue weighted by atomic mass is 28.3. The molecule has 6 nitrogen and oxygen atoms in total. The van der Waals surface area contributed by atoms with E-state index in [0.29, 0.717) is 38.7 Å². The molecule has 268 valence electrons. The topological polar surface area (TPSA) is 71.1 Å². The molecule has 0 N–H and O–H groups in total. The SMILES string of the molecule is CCCCC(F)(F)C(CC[C@H]1[C@H](OC2CCCO2)CC(=O)[C@@H]1CCCCCCC(=O)OCc1ccc(OC)cc1)[Si](CC)(CC)CC. The fraction of sp³-hybridized carbons (Fsp3) is 0.789. The smallest absolute Gasteiger partial charge is 0.306 e. The summed E-state index contributed by atoms with van der Waals surface area (Å²) in [6.45, 7) is 9.24. The molecule has 1 saturated heterocycles. The maximum atomic E-state index is 16.0. The average molecular weight is 681 g/mol. The van der Waals surface area contributed by atoms with Crippen LogP contribution in [-0.4, -0.2) is 51.9 Å². The zero-order chi connectivity index (χ0) is 34.3. The van der Waals surface area contributed by atoms with Crippen molar-refractivity contribution in [2.45, 2.75) is 166 Å². The van der Waals surface area contributed by atoms with Crippen LogP contribution >= 0.6 is 0 Å². The summed E-state index contributed by atoms with van der Waals surface area (Å²) < 4.78 is 54.8. The molecule has 1 aromatic carbocycles. The molecule has 5 atom stereocenters. The summed E-state index contributed by atoms with van der Waals surface area (Å²) in [7, 11) is -0.609. The largest absolute Gasteiger partial charge is 0.497 e. The van der Waals surface area contributed by atoms with Gasteiger partial charge in [-0.1, -0.05) is 83.6 Å². The lowest BCUT2D eigenvalue weighted by molar-refractivity contribution is -0.156. The summed E-state index contributed by atoms with van der Waals surface area (Å²) in [6.07, 6.45) is 8.40. The molecule has 1 aliphatic carbocycles. The van der Waals surface area contributed by atoms with Crippen LogP contribution in [0.25, 0.3) is 0 Å². The molecular weight excluding hydrogens is 618 g/mol. The number of halogens is 2. The second-order valence-electron chi connectivity index (χ2n) is 13.9. The number of ketones is 1. The lowest BCUT2D eigenvalue weighted by Gasteiger charge is -2.42. The second-order valence-corrected chi connectivity index (χ2v) is 19.5. The van der Waals surface area contributed by atoms with Gasteiger partial charge in [0, 0.05) is 43.7 Å². The molecule has 47 heavy (non-hydrogen) atoms. The first-order valence-electron chi connectivity index (χ1n) is 18.6. The number of esters is 1. The predicted octanol–water partition coefficient (Wildman–Crippen LogP) is 10.3. The second kappa shape index (κ2) is 20.0. The van der Waals surface area contributed by atoms with E-state index < -0.39 is 19.5 Å². The maximum Gasteiger partial charge on any atom is 0.306 e. The zero-order valence-electron chi connectivity index (χ0n) is 29.8. The van der Waals surface area contributed by atoms with Crippen molar-refractivity contribution in [3.05, 3.63) is 29.8 Å². The van der Waals surface area contributed by atoms with E-state index >= 15 is 8.78 Å². The van der Waals surface area contributed by atoms with E-state index in [4.69, 9.17) is 18.9 Å². The standard InChI is InChI=1S/C38H62F2O6Si/c1-6-10-25-38(39,40)35(47(7-2,8-3)9-4)24-23-32-31(33(41)27-34(32)46-37-18-15-26-44-37)16-13-11-12-14-17-36(42)45-28-29-19-21-30(43-5)22-20-29/h19-22,31-32,34-35,37H,6-18,23-28H2,1-5H3/t31-,32-,34-,35?,37?/m1/s1. The Bertz CT molecular complexity index is 1050. The number of alkyl halides is 2. The molecule has 0 bridgehead atoms. The Labute approximate surface area is 284 Å². The third kappa shape index (κ3) is 11.6. The Kier molecular flexibility index (Phi) is 16.8. The molecule has 1 heterocycles. The van der Waals surface area contributed by atoms with Gasteiger partial charge in [-0.2, -0.15) is 0 Å². The Morgan fingerprint density at radius 2 is 1.70 bits per heavy atom. The third-order valence-electron chi connectivity index (χ3n) is 11.2. The van der Waals surface area contributed by atoms with Crippen LogP contribution in [0.1, 0.15) is 123 Å². The van der Waals surface area contributed by atoms with Gasteiger partial charge in [0.2, 0.25) is 5.92 Å². The molecule has 2 aliphatic rings. The number of carbonyl (C=O) groups is 2. The number of Topliss-reactive ketones (excluding diaryl/α,β-unsaturated/α-hetero) is 1. The molecule has 1 aliphatic heterocycles. The summed E-state index contributed by atoms with van der Waals surface area (Å²) in [6, 6.07) is 10.1. The number of carbonyl (C=O) groups excluding carboxylic acids is 2. The first-order valence-corrected chi connectivity index (χ1v) is 21.3.